The van der Waals surface area contributed by atoms with Crippen LogP contribution in [0.2, 0.25) is 0 Å². The number of aromatic carboxylic acids is 1. The summed E-state index contributed by atoms with van der Waals surface area (Å²) in [5.41, 5.74) is 2.26. The molecule has 0 saturated carbocycles. The molecule has 0 aliphatic carbocycles. The minimum atomic E-state index is -0.882. The van der Waals surface area contributed by atoms with Gasteiger partial charge in [-0.25, -0.2) is 9.78 Å². The first-order valence-corrected chi connectivity index (χ1v) is 10.1. The van der Waals surface area contributed by atoms with E-state index in [9.17, 15) is 9.90 Å². The third-order valence-corrected chi connectivity index (χ3v) is 5.55. The molecular weight excluding hydrogens is 396 g/mol. The van der Waals surface area contributed by atoms with Gasteiger partial charge in [0.2, 0.25) is 11.7 Å². The molecule has 158 valence electrons. The molecule has 9 nitrogen and oxygen atoms in total. The third-order valence-electron chi connectivity index (χ3n) is 5.55. The van der Waals surface area contributed by atoms with E-state index in [2.05, 4.69) is 25.3 Å². The van der Waals surface area contributed by atoms with Crippen LogP contribution in [0, 0.1) is 6.92 Å². The van der Waals surface area contributed by atoms with E-state index in [0.717, 1.165) is 60.6 Å². The number of hydrogen-bond acceptors (Lipinski definition) is 7. The normalized spacial score (nSPS) is 14.0. The summed E-state index contributed by atoms with van der Waals surface area (Å²) in [6, 6.07) is 9.77. The molecule has 0 saturated heterocycles. The average Bonchev–Trinajstić information content (AvgIpc) is 3.39. The van der Waals surface area contributed by atoms with E-state index < -0.39 is 5.97 Å². The van der Waals surface area contributed by atoms with Crippen molar-refractivity contribution in [3.8, 4) is 11.4 Å². The van der Waals surface area contributed by atoms with Crippen LogP contribution in [0.25, 0.3) is 22.2 Å². The molecule has 31 heavy (non-hydrogen) atoms. The molecule has 0 bridgehead atoms. The summed E-state index contributed by atoms with van der Waals surface area (Å²) < 4.78 is 7.13. The second-order valence-corrected chi connectivity index (χ2v) is 7.65. The van der Waals surface area contributed by atoms with Gasteiger partial charge in [-0.1, -0.05) is 17.3 Å². The number of pyridine rings is 1. The predicted molar refractivity (Wildman–Crippen MR) is 115 cm³/mol. The number of hydrogen-bond donors (Lipinski definition) is 2. The topological polar surface area (TPSA) is 109 Å². The van der Waals surface area contributed by atoms with Crippen molar-refractivity contribution in [2.45, 2.75) is 20.0 Å². The van der Waals surface area contributed by atoms with Crippen LogP contribution in [-0.2, 0) is 13.1 Å². The first kappa shape index (κ1) is 19.3. The number of carboxylic acids is 1. The van der Waals surface area contributed by atoms with Gasteiger partial charge in [-0.05, 0) is 23.6 Å². The molecule has 1 aromatic carbocycles. The summed E-state index contributed by atoms with van der Waals surface area (Å²) >= 11 is 0. The zero-order valence-corrected chi connectivity index (χ0v) is 17.1. The van der Waals surface area contributed by atoms with Crippen molar-refractivity contribution >= 4 is 22.6 Å². The standard InChI is InChI=1S/C22H22N6O3/c1-14-25-20(26-31-14)16-3-2-15-4-5-23-21(19(15)11-16)24-6-7-27-8-9-28-12-17(22(29)30)10-18(28)13-27/h2-5,10-12H,6-9,13H2,1H3,(H,23,24)(H,29,30). The van der Waals surface area contributed by atoms with Gasteiger partial charge in [0.15, 0.2) is 0 Å². The zero-order chi connectivity index (χ0) is 21.4. The summed E-state index contributed by atoms with van der Waals surface area (Å²) in [5, 5.41) is 18.7. The van der Waals surface area contributed by atoms with Crippen molar-refractivity contribution in [2.75, 3.05) is 25.0 Å². The number of nitrogens with one attached hydrogen (secondary N) is 1. The van der Waals surface area contributed by atoms with Crippen molar-refractivity contribution in [2.24, 2.45) is 0 Å². The van der Waals surface area contributed by atoms with Crippen LogP contribution >= 0.6 is 0 Å². The summed E-state index contributed by atoms with van der Waals surface area (Å²) in [7, 11) is 0. The molecule has 0 radical (unpaired) electrons. The minimum Gasteiger partial charge on any atom is -0.478 e. The number of fused-ring (bicyclic) bond motifs is 2. The molecule has 9 heteroatoms. The van der Waals surface area contributed by atoms with Crippen LogP contribution in [-0.4, -0.2) is 55.3 Å². The molecule has 0 atom stereocenters. The van der Waals surface area contributed by atoms with Crippen molar-refractivity contribution in [1.82, 2.24) is 24.6 Å². The molecule has 0 amide bonds. The predicted octanol–water partition coefficient (Wildman–Crippen LogP) is 3.02. The van der Waals surface area contributed by atoms with Gasteiger partial charge in [0.25, 0.3) is 0 Å². The van der Waals surface area contributed by atoms with E-state index in [-0.39, 0.29) is 0 Å². The summed E-state index contributed by atoms with van der Waals surface area (Å²) in [6.45, 7) is 5.74. The fourth-order valence-electron chi connectivity index (χ4n) is 3.96. The average molecular weight is 418 g/mol. The van der Waals surface area contributed by atoms with Crippen LogP contribution in [0.15, 0.2) is 47.2 Å². The molecule has 1 aliphatic heterocycles. The van der Waals surface area contributed by atoms with E-state index in [1.54, 1.807) is 25.4 Å². The Hall–Kier alpha value is -3.72. The molecule has 2 N–H and O–H groups in total. The van der Waals surface area contributed by atoms with Crippen LogP contribution in [0.4, 0.5) is 5.82 Å². The van der Waals surface area contributed by atoms with E-state index in [1.807, 2.05) is 28.8 Å². The van der Waals surface area contributed by atoms with Crippen LogP contribution in [0.3, 0.4) is 0 Å². The summed E-state index contributed by atoms with van der Waals surface area (Å²) in [4.78, 5) is 22.3. The maximum absolute atomic E-state index is 11.2. The lowest BCUT2D eigenvalue weighted by atomic mass is 10.1. The Morgan fingerprint density at radius 2 is 2.16 bits per heavy atom. The molecule has 3 aromatic heterocycles. The Balaban J connectivity index is 1.28. The Labute approximate surface area is 178 Å². The monoisotopic (exact) mass is 418 g/mol. The van der Waals surface area contributed by atoms with E-state index >= 15 is 0 Å². The first-order chi connectivity index (χ1) is 15.1. The van der Waals surface area contributed by atoms with Crippen molar-refractivity contribution in [1.29, 1.82) is 0 Å². The Kier molecular flexibility index (Phi) is 4.87. The van der Waals surface area contributed by atoms with Gasteiger partial charge in [-0.2, -0.15) is 4.98 Å². The van der Waals surface area contributed by atoms with Crippen LogP contribution < -0.4 is 5.32 Å². The fraction of sp³-hybridized carbons (Fsp3) is 0.273. The molecule has 0 spiro atoms. The molecular formula is C22H22N6O3. The molecule has 0 fully saturated rings. The van der Waals surface area contributed by atoms with Gasteiger partial charge in [0, 0.05) is 68.7 Å². The van der Waals surface area contributed by atoms with E-state index in [4.69, 9.17) is 4.52 Å². The van der Waals surface area contributed by atoms with Crippen molar-refractivity contribution in [3.05, 3.63) is 59.9 Å². The maximum Gasteiger partial charge on any atom is 0.337 e. The van der Waals surface area contributed by atoms with Crippen LogP contribution in [0.5, 0.6) is 0 Å². The van der Waals surface area contributed by atoms with Gasteiger partial charge < -0.3 is 19.5 Å². The van der Waals surface area contributed by atoms with Crippen molar-refractivity contribution in [3.63, 3.8) is 0 Å². The Morgan fingerprint density at radius 3 is 2.97 bits per heavy atom. The van der Waals surface area contributed by atoms with E-state index in [0.29, 0.717) is 17.3 Å². The number of anilines is 1. The second kappa shape index (κ2) is 7.84. The number of carbonyl (C=O) groups is 1. The minimum absolute atomic E-state index is 0.350. The fourth-order valence-corrected chi connectivity index (χ4v) is 3.96. The molecule has 1 aliphatic rings. The van der Waals surface area contributed by atoms with Gasteiger partial charge in [-0.3, -0.25) is 4.90 Å². The number of rotatable bonds is 6. The van der Waals surface area contributed by atoms with Crippen molar-refractivity contribution < 1.29 is 14.4 Å². The van der Waals surface area contributed by atoms with Gasteiger partial charge in [-0.15, -0.1) is 0 Å². The number of carboxylic acid groups (broad SMARTS) is 1. The SMILES string of the molecule is Cc1nc(-c2ccc3ccnc(NCCN4CCn5cc(C(=O)O)cc5C4)c3c2)no1. The zero-order valence-electron chi connectivity index (χ0n) is 17.1. The largest absolute Gasteiger partial charge is 0.478 e. The highest BCUT2D eigenvalue weighted by molar-refractivity contribution is 5.94. The van der Waals surface area contributed by atoms with Gasteiger partial charge in [0.05, 0.1) is 5.56 Å². The molecule has 4 aromatic rings. The summed E-state index contributed by atoms with van der Waals surface area (Å²) in [5.74, 6) is 1.02. The lowest BCUT2D eigenvalue weighted by Crippen LogP contribution is -2.36. The Bertz CT molecular complexity index is 1260. The molecule has 5 rings (SSSR count). The summed E-state index contributed by atoms with van der Waals surface area (Å²) in [6.07, 6.45) is 3.51. The first-order valence-electron chi connectivity index (χ1n) is 10.1. The highest BCUT2D eigenvalue weighted by atomic mass is 16.5. The molecule has 0 unspecified atom stereocenters. The third kappa shape index (κ3) is 3.87. The maximum atomic E-state index is 11.2. The molecule has 4 heterocycles. The number of aryl methyl sites for hydroxylation is 1. The number of aromatic nitrogens is 4. The van der Waals surface area contributed by atoms with Gasteiger partial charge >= 0.3 is 5.97 Å². The number of nitrogens with zero attached hydrogens (tertiary/aromatic N) is 5. The smallest absolute Gasteiger partial charge is 0.337 e. The lowest BCUT2D eigenvalue weighted by Gasteiger charge is -2.28. The quantitative estimate of drug-likeness (QED) is 0.492. The van der Waals surface area contributed by atoms with Gasteiger partial charge in [0.1, 0.15) is 5.82 Å². The second-order valence-electron chi connectivity index (χ2n) is 7.65. The lowest BCUT2D eigenvalue weighted by molar-refractivity contribution is 0.0697. The number of benzene rings is 1. The highest BCUT2D eigenvalue weighted by Gasteiger charge is 2.19. The highest BCUT2D eigenvalue weighted by Crippen LogP contribution is 2.26. The Morgan fingerprint density at radius 1 is 1.26 bits per heavy atom. The van der Waals surface area contributed by atoms with E-state index in [1.165, 1.54) is 0 Å². The van der Waals surface area contributed by atoms with Crippen LogP contribution in [0.1, 0.15) is 21.9 Å².